The fraction of sp³-hybridized carbons (Fsp3) is 0.600. The van der Waals surface area contributed by atoms with Gasteiger partial charge in [-0.2, -0.15) is 0 Å². The highest BCUT2D eigenvalue weighted by Gasteiger charge is 2.21. The minimum Gasteiger partial charge on any atom is -0.481 e. The highest BCUT2D eigenvalue weighted by molar-refractivity contribution is 5.79. The molecule has 0 aliphatic rings. The highest BCUT2D eigenvalue weighted by atomic mass is 16.5. The lowest BCUT2D eigenvalue weighted by atomic mass is 10.0. The Morgan fingerprint density at radius 3 is 2.64 bits per heavy atom. The summed E-state index contributed by atoms with van der Waals surface area (Å²) < 4.78 is 4.86. The number of aliphatic carboxylic acids is 1. The number of carbonyl (C=O) groups excluding carboxylic acids is 1. The van der Waals surface area contributed by atoms with E-state index in [0.29, 0.717) is 13.0 Å². The lowest BCUT2D eigenvalue weighted by Crippen LogP contribution is -2.20. The summed E-state index contributed by atoms with van der Waals surface area (Å²) >= 11 is 0. The van der Waals surface area contributed by atoms with Gasteiger partial charge in [-0.3, -0.25) is 9.59 Å². The molecule has 0 aromatic heterocycles. The van der Waals surface area contributed by atoms with Crippen LogP contribution in [0.5, 0.6) is 0 Å². The zero-order valence-electron chi connectivity index (χ0n) is 8.36. The molecule has 0 saturated heterocycles. The van der Waals surface area contributed by atoms with E-state index in [-0.39, 0.29) is 6.42 Å². The molecule has 1 unspecified atom stereocenters. The molecule has 14 heavy (non-hydrogen) atoms. The van der Waals surface area contributed by atoms with Crippen LogP contribution in [0.2, 0.25) is 0 Å². The zero-order valence-corrected chi connectivity index (χ0v) is 8.36. The minimum absolute atomic E-state index is 0.200. The molecular weight excluding hydrogens is 184 g/mol. The normalized spacial score (nSPS) is 11.8. The summed E-state index contributed by atoms with van der Waals surface area (Å²) in [5.41, 5.74) is 0. The van der Waals surface area contributed by atoms with Gasteiger partial charge in [0.15, 0.2) is 0 Å². The van der Waals surface area contributed by atoms with Crippen LogP contribution in [-0.2, 0) is 14.3 Å². The largest absolute Gasteiger partial charge is 0.481 e. The van der Waals surface area contributed by atoms with Crippen molar-refractivity contribution in [1.29, 1.82) is 0 Å². The second kappa shape index (κ2) is 7.12. The van der Waals surface area contributed by atoms with Crippen molar-refractivity contribution in [3.05, 3.63) is 12.7 Å². The van der Waals surface area contributed by atoms with Crippen molar-refractivity contribution >= 4 is 11.9 Å². The molecule has 0 spiro atoms. The van der Waals surface area contributed by atoms with Crippen LogP contribution >= 0.6 is 0 Å². The van der Waals surface area contributed by atoms with E-state index in [1.165, 1.54) is 6.08 Å². The maximum Gasteiger partial charge on any atom is 0.309 e. The third-order valence-electron chi connectivity index (χ3n) is 1.65. The quantitative estimate of drug-likeness (QED) is 0.501. The molecule has 0 aliphatic heterocycles. The third-order valence-corrected chi connectivity index (χ3v) is 1.65. The van der Waals surface area contributed by atoms with E-state index in [0.717, 1.165) is 6.42 Å². The monoisotopic (exact) mass is 200 g/mol. The van der Waals surface area contributed by atoms with Crippen molar-refractivity contribution in [2.75, 3.05) is 6.61 Å². The number of hydrogen-bond donors (Lipinski definition) is 1. The van der Waals surface area contributed by atoms with E-state index in [2.05, 4.69) is 6.58 Å². The van der Waals surface area contributed by atoms with Gasteiger partial charge in [0, 0.05) is 0 Å². The van der Waals surface area contributed by atoms with Gasteiger partial charge in [0.1, 0.15) is 0 Å². The second-order valence-corrected chi connectivity index (χ2v) is 2.99. The summed E-state index contributed by atoms with van der Waals surface area (Å²) in [4.78, 5) is 21.7. The molecule has 0 amide bonds. The van der Waals surface area contributed by atoms with E-state index in [9.17, 15) is 9.59 Å². The summed E-state index contributed by atoms with van der Waals surface area (Å²) in [6.45, 7) is 5.69. The van der Waals surface area contributed by atoms with Crippen LogP contribution < -0.4 is 0 Å². The first-order chi connectivity index (χ1) is 6.61. The van der Waals surface area contributed by atoms with E-state index in [1.807, 2.05) is 6.92 Å². The average molecular weight is 200 g/mol. The molecular formula is C10H16O4. The Bertz CT molecular complexity index is 210. The summed E-state index contributed by atoms with van der Waals surface area (Å²) in [6.07, 6.45) is 2.41. The number of allylic oxidation sites excluding steroid dienone is 1. The van der Waals surface area contributed by atoms with Gasteiger partial charge in [0.2, 0.25) is 0 Å². The number of rotatable bonds is 7. The number of esters is 1. The van der Waals surface area contributed by atoms with E-state index < -0.39 is 17.9 Å². The molecule has 0 radical (unpaired) electrons. The van der Waals surface area contributed by atoms with Gasteiger partial charge in [-0.1, -0.05) is 13.0 Å². The SMILES string of the molecule is C=CCC(CC(=O)O)C(=O)OCCC. The molecule has 0 saturated carbocycles. The first kappa shape index (κ1) is 12.7. The van der Waals surface area contributed by atoms with Gasteiger partial charge >= 0.3 is 11.9 Å². The Labute approximate surface area is 83.6 Å². The van der Waals surface area contributed by atoms with Crippen molar-refractivity contribution in [2.24, 2.45) is 5.92 Å². The van der Waals surface area contributed by atoms with Gasteiger partial charge in [-0.05, 0) is 12.8 Å². The second-order valence-electron chi connectivity index (χ2n) is 2.99. The van der Waals surface area contributed by atoms with Crippen LogP contribution in [-0.4, -0.2) is 23.7 Å². The van der Waals surface area contributed by atoms with Crippen molar-refractivity contribution in [3.8, 4) is 0 Å². The van der Waals surface area contributed by atoms with Gasteiger partial charge in [0.25, 0.3) is 0 Å². The third kappa shape index (κ3) is 5.35. The number of ether oxygens (including phenoxy) is 1. The molecule has 0 rings (SSSR count). The van der Waals surface area contributed by atoms with Crippen LogP contribution in [0.4, 0.5) is 0 Å². The maximum atomic E-state index is 11.3. The molecule has 4 nitrogen and oxygen atoms in total. The summed E-state index contributed by atoms with van der Waals surface area (Å²) in [6, 6.07) is 0. The van der Waals surface area contributed by atoms with Crippen molar-refractivity contribution < 1.29 is 19.4 Å². The molecule has 80 valence electrons. The van der Waals surface area contributed by atoms with Crippen molar-refractivity contribution in [2.45, 2.75) is 26.2 Å². The molecule has 1 N–H and O–H groups in total. The standard InChI is InChI=1S/C10H16O4/c1-3-5-8(7-9(11)12)10(13)14-6-4-2/h3,8H,1,4-7H2,2H3,(H,11,12). The predicted molar refractivity (Wildman–Crippen MR) is 51.8 cm³/mol. The Kier molecular flexibility index (Phi) is 6.45. The van der Waals surface area contributed by atoms with E-state index in [1.54, 1.807) is 0 Å². The Morgan fingerprint density at radius 2 is 2.21 bits per heavy atom. The fourth-order valence-electron chi connectivity index (χ4n) is 0.995. The first-order valence-electron chi connectivity index (χ1n) is 4.61. The Morgan fingerprint density at radius 1 is 1.57 bits per heavy atom. The van der Waals surface area contributed by atoms with Crippen LogP contribution in [0.15, 0.2) is 12.7 Å². The molecule has 0 heterocycles. The number of carbonyl (C=O) groups is 2. The first-order valence-corrected chi connectivity index (χ1v) is 4.61. The van der Waals surface area contributed by atoms with Crippen LogP contribution in [0.1, 0.15) is 26.2 Å². The van der Waals surface area contributed by atoms with E-state index >= 15 is 0 Å². The molecule has 0 fully saturated rings. The van der Waals surface area contributed by atoms with Crippen LogP contribution in [0, 0.1) is 5.92 Å². The van der Waals surface area contributed by atoms with Crippen molar-refractivity contribution in [3.63, 3.8) is 0 Å². The predicted octanol–water partition coefficient (Wildman–Crippen LogP) is 1.61. The molecule has 0 aromatic rings. The Hall–Kier alpha value is -1.32. The van der Waals surface area contributed by atoms with Crippen LogP contribution in [0.3, 0.4) is 0 Å². The lowest BCUT2D eigenvalue weighted by Gasteiger charge is -2.11. The summed E-state index contributed by atoms with van der Waals surface area (Å²) in [5.74, 6) is -2.05. The molecule has 0 aromatic carbocycles. The van der Waals surface area contributed by atoms with Crippen LogP contribution in [0.25, 0.3) is 0 Å². The molecule has 0 bridgehead atoms. The van der Waals surface area contributed by atoms with E-state index in [4.69, 9.17) is 9.84 Å². The smallest absolute Gasteiger partial charge is 0.309 e. The van der Waals surface area contributed by atoms with Gasteiger partial charge in [-0.15, -0.1) is 6.58 Å². The molecule has 0 aliphatic carbocycles. The molecule has 1 atom stereocenters. The maximum absolute atomic E-state index is 11.3. The minimum atomic E-state index is -0.995. The number of carboxylic acids is 1. The fourth-order valence-corrected chi connectivity index (χ4v) is 0.995. The zero-order chi connectivity index (χ0) is 11.0. The number of carboxylic acid groups (broad SMARTS) is 1. The average Bonchev–Trinajstić information content (AvgIpc) is 2.13. The highest BCUT2D eigenvalue weighted by Crippen LogP contribution is 2.11. The lowest BCUT2D eigenvalue weighted by molar-refractivity contribution is -0.153. The number of hydrogen-bond acceptors (Lipinski definition) is 3. The Balaban J connectivity index is 4.10. The van der Waals surface area contributed by atoms with Gasteiger partial charge < -0.3 is 9.84 Å². The molecule has 4 heteroatoms. The topological polar surface area (TPSA) is 63.6 Å². The van der Waals surface area contributed by atoms with Gasteiger partial charge in [0.05, 0.1) is 18.9 Å². The summed E-state index contributed by atoms with van der Waals surface area (Å²) in [5, 5.41) is 8.54. The summed E-state index contributed by atoms with van der Waals surface area (Å²) in [7, 11) is 0. The van der Waals surface area contributed by atoms with Gasteiger partial charge in [-0.25, -0.2) is 0 Å². The van der Waals surface area contributed by atoms with Crippen molar-refractivity contribution in [1.82, 2.24) is 0 Å².